The number of carbonyl (C=O) groups is 2. The number of esters is 1. The number of ether oxygens (including phenoxy) is 1. The van der Waals surface area contributed by atoms with E-state index in [0.717, 1.165) is 0 Å². The van der Waals surface area contributed by atoms with Crippen molar-refractivity contribution in [2.45, 2.75) is 39.7 Å². The minimum Gasteiger partial charge on any atom is -0.451 e. The van der Waals surface area contributed by atoms with Crippen LogP contribution in [0, 0.1) is 5.41 Å². The first-order chi connectivity index (χ1) is 5.28. The van der Waals surface area contributed by atoms with E-state index in [2.05, 4.69) is 0 Å². The molecule has 1 saturated heterocycles. The Morgan fingerprint density at radius 2 is 1.92 bits per heavy atom. The lowest BCUT2D eigenvalue weighted by Crippen LogP contribution is -2.32. The molecule has 0 N–H and O–H groups in total. The van der Waals surface area contributed by atoms with Gasteiger partial charge in [-0.3, -0.25) is 9.59 Å². The molecule has 0 saturated carbocycles. The fraction of sp³-hybridized carbons (Fsp3) is 0.778. The van der Waals surface area contributed by atoms with E-state index < -0.39 is 11.0 Å². The molecule has 3 heteroatoms. The molecule has 1 fully saturated rings. The summed E-state index contributed by atoms with van der Waals surface area (Å²) >= 11 is 0. The molecule has 1 aliphatic heterocycles. The summed E-state index contributed by atoms with van der Waals surface area (Å²) in [5, 5.41) is 0. The molecule has 3 nitrogen and oxygen atoms in total. The zero-order valence-corrected chi connectivity index (χ0v) is 7.93. The minimum absolute atomic E-state index is 0.0820. The van der Waals surface area contributed by atoms with Gasteiger partial charge in [-0.2, -0.15) is 0 Å². The van der Waals surface area contributed by atoms with Crippen molar-refractivity contribution in [1.82, 2.24) is 0 Å². The van der Waals surface area contributed by atoms with Gasteiger partial charge in [0, 0.05) is 6.42 Å². The van der Waals surface area contributed by atoms with Crippen molar-refractivity contribution in [3.8, 4) is 0 Å². The Morgan fingerprint density at radius 3 is 2.08 bits per heavy atom. The van der Waals surface area contributed by atoms with Gasteiger partial charge in [-0.15, -0.1) is 0 Å². The van der Waals surface area contributed by atoms with Gasteiger partial charge in [0.05, 0.1) is 5.41 Å². The maximum atomic E-state index is 11.2. The van der Waals surface area contributed by atoms with Crippen LogP contribution in [-0.4, -0.2) is 17.4 Å². The first-order valence-electron chi connectivity index (χ1n) is 4.02. The third kappa shape index (κ3) is 1.24. The largest absolute Gasteiger partial charge is 0.451 e. The lowest BCUT2D eigenvalue weighted by atomic mass is 9.83. The number of carbonyl (C=O) groups excluding carboxylic acids is 2. The molecule has 0 radical (unpaired) electrons. The Hall–Kier alpha value is -0.860. The van der Waals surface area contributed by atoms with Crippen molar-refractivity contribution in [3.05, 3.63) is 0 Å². The average Bonchev–Trinajstić information content (AvgIpc) is 2.03. The predicted molar refractivity (Wildman–Crippen MR) is 43.6 cm³/mol. The Morgan fingerprint density at radius 1 is 1.42 bits per heavy atom. The van der Waals surface area contributed by atoms with E-state index >= 15 is 0 Å². The third-order valence-corrected chi connectivity index (χ3v) is 2.39. The molecule has 1 rings (SSSR count). The van der Waals surface area contributed by atoms with E-state index in [1.54, 1.807) is 20.8 Å². The van der Waals surface area contributed by atoms with Gasteiger partial charge in [0.1, 0.15) is 0 Å². The number of hydrogen-bond donors (Lipinski definition) is 0. The van der Waals surface area contributed by atoms with Gasteiger partial charge in [-0.1, -0.05) is 0 Å². The maximum Gasteiger partial charge on any atom is 0.312 e. The molecule has 1 aliphatic rings. The van der Waals surface area contributed by atoms with Gasteiger partial charge >= 0.3 is 5.97 Å². The molecule has 1 unspecified atom stereocenters. The highest BCUT2D eigenvalue weighted by Gasteiger charge is 2.51. The maximum absolute atomic E-state index is 11.2. The summed E-state index contributed by atoms with van der Waals surface area (Å²) in [7, 11) is 0. The molecule has 12 heavy (non-hydrogen) atoms. The van der Waals surface area contributed by atoms with Crippen LogP contribution in [0.1, 0.15) is 34.1 Å². The SMILES string of the molecule is CC(=O)C1(C)CC(C)(C)C(=O)O1. The number of Topliss-reactive ketones (excluding diaryl/α,β-unsaturated/α-hetero) is 1. The van der Waals surface area contributed by atoms with Crippen molar-refractivity contribution in [2.75, 3.05) is 0 Å². The Bertz CT molecular complexity index is 242. The molecule has 0 aliphatic carbocycles. The number of cyclic esters (lactones) is 1. The second kappa shape index (κ2) is 2.31. The fourth-order valence-corrected chi connectivity index (χ4v) is 1.49. The van der Waals surface area contributed by atoms with E-state index in [1.807, 2.05) is 0 Å². The lowest BCUT2D eigenvalue weighted by molar-refractivity contribution is -0.157. The predicted octanol–water partition coefficient (Wildman–Crippen LogP) is 1.31. The van der Waals surface area contributed by atoms with Gasteiger partial charge in [0.2, 0.25) is 0 Å². The molecule has 0 bridgehead atoms. The average molecular weight is 170 g/mol. The van der Waals surface area contributed by atoms with Gasteiger partial charge in [-0.25, -0.2) is 0 Å². The highest BCUT2D eigenvalue weighted by atomic mass is 16.6. The van der Waals surface area contributed by atoms with Gasteiger partial charge in [0.15, 0.2) is 11.4 Å². The molecule has 0 aromatic heterocycles. The van der Waals surface area contributed by atoms with E-state index in [9.17, 15) is 9.59 Å². The summed E-state index contributed by atoms with van der Waals surface area (Å²) < 4.78 is 5.04. The minimum atomic E-state index is -0.888. The molecular weight excluding hydrogens is 156 g/mol. The zero-order valence-electron chi connectivity index (χ0n) is 7.93. The van der Waals surface area contributed by atoms with Gasteiger partial charge < -0.3 is 4.74 Å². The van der Waals surface area contributed by atoms with Gasteiger partial charge in [-0.05, 0) is 27.7 Å². The first kappa shape index (κ1) is 9.23. The van der Waals surface area contributed by atoms with Crippen molar-refractivity contribution >= 4 is 11.8 Å². The molecule has 0 amide bonds. The van der Waals surface area contributed by atoms with Crippen molar-refractivity contribution in [3.63, 3.8) is 0 Å². The van der Waals surface area contributed by atoms with E-state index in [-0.39, 0.29) is 11.8 Å². The molecule has 1 heterocycles. The summed E-state index contributed by atoms with van der Waals surface area (Å²) in [5.41, 5.74) is -1.40. The molecule has 0 spiro atoms. The normalized spacial score (nSPS) is 33.2. The zero-order chi connectivity index (χ0) is 9.57. The van der Waals surface area contributed by atoms with Crippen LogP contribution < -0.4 is 0 Å². The summed E-state index contributed by atoms with van der Waals surface area (Å²) in [6, 6.07) is 0. The number of hydrogen-bond acceptors (Lipinski definition) is 3. The van der Waals surface area contributed by atoms with Crippen LogP contribution >= 0.6 is 0 Å². The first-order valence-corrected chi connectivity index (χ1v) is 4.02. The van der Waals surface area contributed by atoms with Gasteiger partial charge in [0.25, 0.3) is 0 Å². The molecular formula is C9H14O3. The highest BCUT2D eigenvalue weighted by Crippen LogP contribution is 2.40. The summed E-state index contributed by atoms with van der Waals surface area (Å²) in [6.45, 7) is 6.71. The fourth-order valence-electron chi connectivity index (χ4n) is 1.49. The van der Waals surface area contributed by atoms with E-state index in [4.69, 9.17) is 4.74 Å². The standard InChI is InChI=1S/C9H14O3/c1-6(10)9(4)5-8(2,3)7(11)12-9/h5H2,1-4H3. The van der Waals surface area contributed by atoms with Crippen molar-refractivity contribution < 1.29 is 14.3 Å². The van der Waals surface area contributed by atoms with Crippen molar-refractivity contribution in [1.29, 1.82) is 0 Å². The smallest absolute Gasteiger partial charge is 0.312 e. The molecule has 68 valence electrons. The van der Waals surface area contributed by atoms with Crippen LogP contribution in [0.15, 0.2) is 0 Å². The Kier molecular flexibility index (Phi) is 1.78. The summed E-state index contributed by atoms with van der Waals surface area (Å²) in [5.74, 6) is -0.360. The Balaban J connectivity index is 2.92. The van der Waals surface area contributed by atoms with E-state index in [0.29, 0.717) is 6.42 Å². The summed E-state index contributed by atoms with van der Waals surface area (Å²) in [4.78, 5) is 22.4. The quantitative estimate of drug-likeness (QED) is 0.557. The lowest BCUT2D eigenvalue weighted by Gasteiger charge is -2.18. The molecule has 1 atom stereocenters. The Labute approximate surface area is 72.1 Å². The third-order valence-electron chi connectivity index (χ3n) is 2.39. The molecule has 0 aromatic rings. The van der Waals surface area contributed by atoms with Crippen LogP contribution in [0.4, 0.5) is 0 Å². The number of ketones is 1. The monoisotopic (exact) mass is 170 g/mol. The topological polar surface area (TPSA) is 43.4 Å². The van der Waals surface area contributed by atoms with Crippen LogP contribution in [0.3, 0.4) is 0 Å². The van der Waals surface area contributed by atoms with Crippen molar-refractivity contribution in [2.24, 2.45) is 5.41 Å². The van der Waals surface area contributed by atoms with Crippen LogP contribution in [0.5, 0.6) is 0 Å². The van der Waals surface area contributed by atoms with Crippen LogP contribution in [-0.2, 0) is 14.3 Å². The van der Waals surface area contributed by atoms with E-state index in [1.165, 1.54) is 6.92 Å². The second-order valence-corrected chi connectivity index (χ2v) is 4.24. The number of rotatable bonds is 1. The summed E-state index contributed by atoms with van der Waals surface area (Å²) in [6.07, 6.45) is 0.480. The van der Waals surface area contributed by atoms with Crippen LogP contribution in [0.2, 0.25) is 0 Å². The second-order valence-electron chi connectivity index (χ2n) is 4.24. The molecule has 0 aromatic carbocycles. The van der Waals surface area contributed by atoms with Crippen LogP contribution in [0.25, 0.3) is 0 Å². The highest BCUT2D eigenvalue weighted by molar-refractivity contribution is 5.92.